The Morgan fingerprint density at radius 1 is 1.06 bits per heavy atom. The minimum atomic E-state index is -0.101. The van der Waals surface area contributed by atoms with Gasteiger partial charge in [0.15, 0.2) is 0 Å². The average molecular weight is 489 g/mol. The Morgan fingerprint density at radius 3 is 2.51 bits per heavy atom. The van der Waals surface area contributed by atoms with Crippen molar-refractivity contribution in [2.75, 3.05) is 33.3 Å². The van der Waals surface area contributed by atoms with Crippen LogP contribution in [0.3, 0.4) is 0 Å². The largest absolute Gasteiger partial charge is 0.497 e. The summed E-state index contributed by atoms with van der Waals surface area (Å²) < 4.78 is 5.19. The summed E-state index contributed by atoms with van der Waals surface area (Å²) in [6.45, 7) is 3.46. The van der Waals surface area contributed by atoms with Gasteiger partial charge in [-0.3, -0.25) is 14.5 Å². The summed E-state index contributed by atoms with van der Waals surface area (Å²) in [5.41, 5.74) is 2.12. The Kier molecular flexibility index (Phi) is 6.92. The number of methoxy groups -OCH3 is 1. The van der Waals surface area contributed by atoms with E-state index in [2.05, 4.69) is 9.88 Å². The van der Waals surface area contributed by atoms with Crippen molar-refractivity contribution in [1.82, 2.24) is 19.8 Å². The lowest BCUT2D eigenvalue weighted by atomic mass is 10.1. The number of carbonyl (C=O) groups is 1. The average Bonchev–Trinajstić information content (AvgIpc) is 3.33. The number of H-pyrrole nitrogens is 1. The van der Waals surface area contributed by atoms with E-state index in [1.165, 1.54) is 0 Å². The molecule has 1 saturated heterocycles. The number of ether oxygens (including phenoxy) is 1. The van der Waals surface area contributed by atoms with Gasteiger partial charge in [0.2, 0.25) is 5.91 Å². The third kappa shape index (κ3) is 5.44. The molecule has 1 N–H and O–H groups in total. The van der Waals surface area contributed by atoms with Crippen molar-refractivity contribution < 1.29 is 9.53 Å². The first-order valence-electron chi connectivity index (χ1n) is 11.8. The number of aryl methyl sites for hydroxylation is 1. The van der Waals surface area contributed by atoms with Gasteiger partial charge < -0.3 is 14.6 Å². The monoisotopic (exact) mass is 488 g/mol. The number of thiophene rings is 1. The molecule has 0 saturated carbocycles. The first-order valence-corrected chi connectivity index (χ1v) is 12.6. The fourth-order valence-corrected chi connectivity index (χ4v) is 5.42. The van der Waals surface area contributed by atoms with Crippen LogP contribution in [0, 0.1) is 0 Å². The zero-order valence-electron chi connectivity index (χ0n) is 19.7. The van der Waals surface area contributed by atoms with Gasteiger partial charge in [-0.2, -0.15) is 0 Å². The molecule has 1 aliphatic heterocycles. The van der Waals surface area contributed by atoms with Gasteiger partial charge in [-0.05, 0) is 35.7 Å². The van der Waals surface area contributed by atoms with Gasteiger partial charge in [0.05, 0.1) is 19.0 Å². The summed E-state index contributed by atoms with van der Waals surface area (Å²) in [5.74, 6) is 1.67. The van der Waals surface area contributed by atoms with E-state index < -0.39 is 0 Å². The summed E-state index contributed by atoms with van der Waals surface area (Å²) >= 11 is 1.54. The van der Waals surface area contributed by atoms with Crippen LogP contribution in [-0.2, 0) is 17.8 Å². The van der Waals surface area contributed by atoms with E-state index >= 15 is 0 Å². The van der Waals surface area contributed by atoms with E-state index in [-0.39, 0.29) is 11.5 Å². The molecular formula is C27H28N4O3S. The molecule has 0 unspecified atom stereocenters. The maximum atomic E-state index is 12.7. The van der Waals surface area contributed by atoms with E-state index in [0.29, 0.717) is 37.3 Å². The molecule has 0 spiro atoms. The van der Waals surface area contributed by atoms with E-state index in [0.717, 1.165) is 46.1 Å². The number of nitrogens with one attached hydrogen (secondary N) is 1. The van der Waals surface area contributed by atoms with Crippen LogP contribution in [0.1, 0.15) is 17.8 Å². The van der Waals surface area contributed by atoms with Gasteiger partial charge in [-0.1, -0.05) is 42.5 Å². The number of piperazine rings is 1. The Labute approximate surface area is 208 Å². The molecule has 180 valence electrons. The van der Waals surface area contributed by atoms with Crippen LogP contribution >= 0.6 is 11.3 Å². The highest BCUT2D eigenvalue weighted by atomic mass is 32.1. The van der Waals surface area contributed by atoms with Crippen molar-refractivity contribution in [3.8, 4) is 16.2 Å². The van der Waals surface area contributed by atoms with Crippen LogP contribution in [-0.4, -0.2) is 59.0 Å². The molecule has 0 atom stereocenters. The van der Waals surface area contributed by atoms with Crippen LogP contribution in [0.5, 0.6) is 5.75 Å². The molecule has 1 amide bonds. The highest BCUT2D eigenvalue weighted by Crippen LogP contribution is 2.30. The van der Waals surface area contributed by atoms with Crippen molar-refractivity contribution in [1.29, 1.82) is 0 Å². The van der Waals surface area contributed by atoms with Crippen LogP contribution < -0.4 is 10.3 Å². The van der Waals surface area contributed by atoms with Crippen molar-refractivity contribution in [2.45, 2.75) is 19.4 Å². The molecule has 1 fully saturated rings. The minimum absolute atomic E-state index is 0.101. The van der Waals surface area contributed by atoms with Crippen molar-refractivity contribution in [2.24, 2.45) is 0 Å². The fourth-order valence-electron chi connectivity index (χ4n) is 4.36. The third-order valence-corrected chi connectivity index (χ3v) is 7.47. The first kappa shape index (κ1) is 23.3. The second kappa shape index (κ2) is 10.4. The summed E-state index contributed by atoms with van der Waals surface area (Å²) in [5, 5.41) is 0.630. The van der Waals surface area contributed by atoms with Gasteiger partial charge >= 0.3 is 0 Å². The zero-order chi connectivity index (χ0) is 24.2. The predicted molar refractivity (Wildman–Crippen MR) is 139 cm³/mol. The van der Waals surface area contributed by atoms with Gasteiger partial charge in [0.25, 0.3) is 5.56 Å². The highest BCUT2D eigenvalue weighted by molar-refractivity contribution is 7.21. The van der Waals surface area contributed by atoms with Crippen molar-refractivity contribution in [3.05, 3.63) is 82.4 Å². The van der Waals surface area contributed by atoms with Gasteiger partial charge in [-0.15, -0.1) is 11.3 Å². The molecule has 0 aliphatic carbocycles. The maximum absolute atomic E-state index is 12.7. The number of aromatic nitrogens is 2. The third-order valence-electron chi connectivity index (χ3n) is 6.39. The van der Waals surface area contributed by atoms with E-state index in [9.17, 15) is 9.59 Å². The minimum Gasteiger partial charge on any atom is -0.497 e. The molecule has 35 heavy (non-hydrogen) atoms. The zero-order valence-corrected chi connectivity index (χ0v) is 20.5. The molecular weight excluding hydrogens is 460 g/mol. The topological polar surface area (TPSA) is 78.5 Å². The quantitative estimate of drug-likeness (QED) is 0.426. The lowest BCUT2D eigenvalue weighted by Crippen LogP contribution is -2.48. The molecule has 1 aliphatic rings. The maximum Gasteiger partial charge on any atom is 0.259 e. The second-order valence-electron chi connectivity index (χ2n) is 8.71. The van der Waals surface area contributed by atoms with Crippen LogP contribution in [0.25, 0.3) is 20.7 Å². The van der Waals surface area contributed by atoms with E-state index in [1.807, 2.05) is 65.6 Å². The Hall–Kier alpha value is -3.49. The Bertz CT molecular complexity index is 1360. The number of amides is 1. The number of hydrogen-bond donors (Lipinski definition) is 1. The Morgan fingerprint density at radius 2 is 1.80 bits per heavy atom. The summed E-state index contributed by atoms with van der Waals surface area (Å²) in [6, 6.07) is 19.8. The van der Waals surface area contributed by atoms with E-state index in [1.54, 1.807) is 18.4 Å². The molecule has 5 rings (SSSR count). The predicted octanol–water partition coefficient (Wildman–Crippen LogP) is 3.94. The number of fused-ring (bicyclic) bond motifs is 1. The van der Waals surface area contributed by atoms with Crippen LogP contribution in [0.2, 0.25) is 0 Å². The smallest absolute Gasteiger partial charge is 0.259 e. The molecule has 3 heterocycles. The molecule has 0 bridgehead atoms. The number of benzene rings is 2. The summed E-state index contributed by atoms with van der Waals surface area (Å²) in [6.07, 6.45) is 1.22. The van der Waals surface area contributed by atoms with Crippen molar-refractivity contribution in [3.63, 3.8) is 0 Å². The van der Waals surface area contributed by atoms with Gasteiger partial charge in [0, 0.05) is 37.5 Å². The molecule has 8 heteroatoms. The Balaban J connectivity index is 1.16. The highest BCUT2D eigenvalue weighted by Gasteiger charge is 2.22. The standard InChI is InChI=1S/C27H28N4O3S/c1-34-21-10-7-19(8-11-21)9-12-25(32)31-15-13-30(14-16-31)18-24-28-26(33)22-17-23(35-27(22)29-24)20-5-3-2-4-6-20/h2-8,10-11,17H,9,12-16,18H2,1H3,(H,28,29,33). The number of hydrogen-bond acceptors (Lipinski definition) is 6. The van der Waals surface area contributed by atoms with Crippen LogP contribution in [0.15, 0.2) is 65.5 Å². The number of nitrogens with zero attached hydrogens (tertiary/aromatic N) is 3. The number of rotatable bonds is 7. The van der Waals surface area contributed by atoms with Gasteiger partial charge in [-0.25, -0.2) is 4.98 Å². The molecule has 2 aromatic carbocycles. The number of carbonyl (C=O) groups excluding carboxylic acids is 1. The SMILES string of the molecule is COc1ccc(CCC(=O)N2CCN(Cc3nc4sc(-c5ccccc5)cc4c(=O)[nH]3)CC2)cc1. The lowest BCUT2D eigenvalue weighted by Gasteiger charge is -2.34. The fraction of sp³-hybridized carbons (Fsp3) is 0.296. The van der Waals surface area contributed by atoms with E-state index in [4.69, 9.17) is 9.72 Å². The van der Waals surface area contributed by atoms with Gasteiger partial charge in [0.1, 0.15) is 16.4 Å². The van der Waals surface area contributed by atoms with Crippen molar-refractivity contribution >= 4 is 27.5 Å². The normalized spacial score (nSPS) is 14.4. The second-order valence-corrected chi connectivity index (χ2v) is 9.74. The molecule has 2 aromatic heterocycles. The molecule has 0 radical (unpaired) electrons. The summed E-state index contributed by atoms with van der Waals surface area (Å²) in [4.78, 5) is 39.0. The van der Waals surface area contributed by atoms with Crippen LogP contribution in [0.4, 0.5) is 0 Å². The lowest BCUT2D eigenvalue weighted by molar-refractivity contribution is -0.133. The first-order chi connectivity index (χ1) is 17.1. The summed E-state index contributed by atoms with van der Waals surface area (Å²) in [7, 11) is 1.65. The number of aromatic amines is 1. The molecule has 4 aromatic rings. The molecule has 7 nitrogen and oxygen atoms in total.